The molecule has 4 heterocycles. The van der Waals surface area contributed by atoms with Crippen LogP contribution < -0.4 is 19.8 Å². The van der Waals surface area contributed by atoms with E-state index in [1.54, 1.807) is 35.3 Å². The van der Waals surface area contributed by atoms with Crippen molar-refractivity contribution in [3.8, 4) is 22.8 Å². The third-order valence-corrected chi connectivity index (χ3v) is 7.01. The fraction of sp³-hybridized carbons (Fsp3) is 0.120. The molecule has 0 bridgehead atoms. The Bertz CT molecular complexity index is 1830. The lowest BCUT2D eigenvalue weighted by Gasteiger charge is -2.13. The van der Waals surface area contributed by atoms with Crippen molar-refractivity contribution >= 4 is 21.4 Å². The molecular formula is C25H20F2N6O5S. The van der Waals surface area contributed by atoms with Crippen molar-refractivity contribution in [1.29, 1.82) is 0 Å². The van der Waals surface area contributed by atoms with Gasteiger partial charge in [0.1, 0.15) is 34.5 Å². The van der Waals surface area contributed by atoms with E-state index in [4.69, 9.17) is 9.47 Å². The van der Waals surface area contributed by atoms with Crippen LogP contribution in [0.2, 0.25) is 0 Å². The SMILES string of the molecule is COc1ncc(-c2ccc3ncc(OCCn4cccn4)c(=O)n3c2)cc1NS(=O)(=O)c1ccc(F)cc1F. The Kier molecular flexibility index (Phi) is 6.94. The largest absolute Gasteiger partial charge is 0.485 e. The average molecular weight is 555 g/mol. The average Bonchev–Trinajstić information content (AvgIpc) is 3.43. The summed E-state index contributed by atoms with van der Waals surface area (Å²) in [6.45, 7) is 0.637. The van der Waals surface area contributed by atoms with Crippen molar-refractivity contribution in [3.05, 3.63) is 95.4 Å². The monoisotopic (exact) mass is 554 g/mol. The quantitative estimate of drug-likeness (QED) is 0.294. The molecule has 4 aromatic heterocycles. The number of pyridine rings is 2. The van der Waals surface area contributed by atoms with Gasteiger partial charge in [0.25, 0.3) is 15.6 Å². The van der Waals surface area contributed by atoms with Crippen molar-refractivity contribution in [2.75, 3.05) is 18.4 Å². The van der Waals surface area contributed by atoms with Gasteiger partial charge >= 0.3 is 0 Å². The van der Waals surface area contributed by atoms with Crippen molar-refractivity contribution in [2.45, 2.75) is 11.4 Å². The molecule has 5 aromatic rings. The zero-order valence-electron chi connectivity index (χ0n) is 20.3. The molecule has 0 fully saturated rings. The second-order valence-electron chi connectivity index (χ2n) is 8.15. The number of anilines is 1. The van der Waals surface area contributed by atoms with Gasteiger partial charge in [-0.25, -0.2) is 27.2 Å². The van der Waals surface area contributed by atoms with Crippen LogP contribution in [-0.2, 0) is 16.6 Å². The van der Waals surface area contributed by atoms with Crippen LogP contribution in [0.15, 0.2) is 83.1 Å². The number of hydrogen-bond acceptors (Lipinski definition) is 8. The molecule has 0 aliphatic heterocycles. The Morgan fingerprint density at radius 1 is 1.05 bits per heavy atom. The summed E-state index contributed by atoms with van der Waals surface area (Å²) in [7, 11) is -3.18. The Morgan fingerprint density at radius 2 is 1.90 bits per heavy atom. The molecule has 1 aromatic carbocycles. The van der Waals surface area contributed by atoms with Crippen LogP contribution in [0.5, 0.6) is 11.6 Å². The molecule has 0 radical (unpaired) electrons. The number of rotatable bonds is 9. The highest BCUT2D eigenvalue weighted by Gasteiger charge is 2.22. The Hall–Kier alpha value is -4.85. The van der Waals surface area contributed by atoms with Gasteiger partial charge in [0.15, 0.2) is 0 Å². The summed E-state index contributed by atoms with van der Waals surface area (Å²) in [6.07, 6.45) is 7.68. The first-order chi connectivity index (χ1) is 18.7. The molecule has 0 aliphatic rings. The normalized spacial score (nSPS) is 11.5. The van der Waals surface area contributed by atoms with E-state index in [0.717, 1.165) is 12.1 Å². The van der Waals surface area contributed by atoms with Crippen LogP contribution in [0.4, 0.5) is 14.5 Å². The molecule has 0 aliphatic carbocycles. The first kappa shape index (κ1) is 25.8. The highest BCUT2D eigenvalue weighted by Crippen LogP contribution is 2.30. The van der Waals surface area contributed by atoms with Gasteiger partial charge in [0, 0.05) is 42.0 Å². The fourth-order valence-electron chi connectivity index (χ4n) is 3.75. The van der Waals surface area contributed by atoms with Gasteiger partial charge < -0.3 is 9.47 Å². The predicted octanol–water partition coefficient (Wildman–Crippen LogP) is 3.12. The third-order valence-electron chi connectivity index (χ3n) is 5.61. The Balaban J connectivity index is 1.46. The van der Waals surface area contributed by atoms with Crippen molar-refractivity contribution in [2.24, 2.45) is 0 Å². The molecule has 0 spiro atoms. The molecule has 0 amide bonds. The van der Waals surface area contributed by atoms with Crippen LogP contribution in [0.1, 0.15) is 0 Å². The van der Waals surface area contributed by atoms with Crippen LogP contribution in [0.3, 0.4) is 0 Å². The van der Waals surface area contributed by atoms with Gasteiger partial charge in [0.2, 0.25) is 11.6 Å². The van der Waals surface area contributed by atoms with Gasteiger partial charge in [-0.2, -0.15) is 5.10 Å². The predicted molar refractivity (Wildman–Crippen MR) is 136 cm³/mol. The highest BCUT2D eigenvalue weighted by atomic mass is 32.2. The maximum absolute atomic E-state index is 14.2. The number of hydrogen-bond donors (Lipinski definition) is 1. The van der Waals surface area contributed by atoms with Gasteiger partial charge in [-0.05, 0) is 36.4 Å². The zero-order chi connectivity index (χ0) is 27.6. The lowest BCUT2D eigenvalue weighted by molar-refractivity contribution is 0.286. The highest BCUT2D eigenvalue weighted by molar-refractivity contribution is 7.92. The van der Waals surface area contributed by atoms with E-state index in [1.165, 1.54) is 36.2 Å². The number of ether oxygens (including phenoxy) is 2. The number of halogens is 2. The summed E-state index contributed by atoms with van der Waals surface area (Å²) in [5.41, 5.74) is 0.712. The van der Waals surface area contributed by atoms with Gasteiger partial charge in [-0.1, -0.05) is 0 Å². The second kappa shape index (κ2) is 10.5. The number of methoxy groups -OCH3 is 1. The van der Waals surface area contributed by atoms with Gasteiger partial charge in [0.05, 0.1) is 19.9 Å². The van der Waals surface area contributed by atoms with Crippen LogP contribution in [-0.4, -0.2) is 46.3 Å². The second-order valence-corrected chi connectivity index (χ2v) is 9.80. The van der Waals surface area contributed by atoms with Gasteiger partial charge in [-0.3, -0.25) is 18.6 Å². The van der Waals surface area contributed by atoms with Crippen LogP contribution in [0.25, 0.3) is 16.8 Å². The van der Waals surface area contributed by atoms with Gasteiger partial charge in [-0.15, -0.1) is 0 Å². The number of benzene rings is 1. The first-order valence-corrected chi connectivity index (χ1v) is 12.9. The molecule has 0 saturated carbocycles. The summed E-state index contributed by atoms with van der Waals surface area (Å²) in [5.74, 6) is -2.22. The standard InChI is InChI=1S/C25H20F2N6O5S/c1-37-24-20(31-39(35,36)22-5-4-18(26)12-19(22)27)11-17(13-29-24)16-3-6-23-28-14-21(25(34)33(23)15-16)38-10-9-32-8-2-7-30-32/h2-8,11-15,31H,9-10H2,1H3. The fourth-order valence-corrected chi connectivity index (χ4v) is 4.86. The van der Waals surface area contributed by atoms with Crippen molar-refractivity contribution in [3.63, 3.8) is 0 Å². The van der Waals surface area contributed by atoms with Crippen LogP contribution in [0, 0.1) is 11.6 Å². The summed E-state index contributed by atoms with van der Waals surface area (Å²) >= 11 is 0. The van der Waals surface area contributed by atoms with E-state index in [2.05, 4.69) is 19.8 Å². The molecule has 200 valence electrons. The Labute approximate surface area is 220 Å². The lowest BCUT2D eigenvalue weighted by atomic mass is 10.1. The van der Waals surface area contributed by atoms with Crippen molar-refractivity contribution in [1.82, 2.24) is 24.1 Å². The minimum atomic E-state index is -4.46. The number of nitrogens with zero attached hydrogens (tertiary/aromatic N) is 5. The number of aromatic nitrogens is 5. The lowest BCUT2D eigenvalue weighted by Crippen LogP contribution is -2.19. The molecule has 0 atom stereocenters. The Morgan fingerprint density at radius 3 is 2.64 bits per heavy atom. The molecule has 39 heavy (non-hydrogen) atoms. The first-order valence-electron chi connectivity index (χ1n) is 11.4. The number of fused-ring (bicyclic) bond motifs is 1. The number of nitrogens with one attached hydrogen (secondary N) is 1. The van der Waals surface area contributed by atoms with Crippen LogP contribution >= 0.6 is 0 Å². The van der Waals surface area contributed by atoms with E-state index >= 15 is 0 Å². The zero-order valence-corrected chi connectivity index (χ0v) is 21.1. The smallest absolute Gasteiger partial charge is 0.300 e. The molecule has 0 unspecified atom stereocenters. The van der Waals surface area contributed by atoms with E-state index in [1.807, 2.05) is 0 Å². The maximum atomic E-state index is 14.2. The van der Waals surface area contributed by atoms with Crippen molar-refractivity contribution < 1.29 is 26.7 Å². The minimum absolute atomic E-state index is 0.0411. The summed E-state index contributed by atoms with van der Waals surface area (Å²) < 4.78 is 69.1. The van der Waals surface area contributed by atoms with E-state index in [9.17, 15) is 22.0 Å². The minimum Gasteiger partial charge on any atom is -0.485 e. The van der Waals surface area contributed by atoms with E-state index < -0.39 is 32.1 Å². The molecule has 5 rings (SSSR count). The molecular weight excluding hydrogens is 534 g/mol. The molecule has 1 N–H and O–H groups in total. The topological polar surface area (TPSA) is 130 Å². The molecule has 14 heteroatoms. The summed E-state index contributed by atoms with van der Waals surface area (Å²) in [4.78, 5) is 20.7. The molecule has 0 saturated heterocycles. The van der Waals surface area contributed by atoms with E-state index in [0.29, 0.717) is 29.4 Å². The summed E-state index contributed by atoms with van der Waals surface area (Å²) in [5, 5.41) is 4.08. The maximum Gasteiger partial charge on any atom is 0.300 e. The molecule has 11 nitrogen and oxygen atoms in total. The van der Waals surface area contributed by atoms with E-state index in [-0.39, 0.29) is 23.9 Å². The number of sulfonamides is 1. The third kappa shape index (κ3) is 5.40. The summed E-state index contributed by atoms with van der Waals surface area (Å²) in [6, 6.07) is 8.58.